The first-order valence-corrected chi connectivity index (χ1v) is 8.43. The molecule has 0 aliphatic heterocycles. The van der Waals surface area contributed by atoms with Crippen molar-refractivity contribution in [2.24, 2.45) is 0 Å². The molecule has 0 aliphatic carbocycles. The molecule has 0 N–H and O–H groups in total. The van der Waals surface area contributed by atoms with Crippen LogP contribution in [0.5, 0.6) is 5.88 Å². The van der Waals surface area contributed by atoms with E-state index in [0.717, 1.165) is 0 Å². The van der Waals surface area contributed by atoms with Crippen LogP contribution in [0.2, 0.25) is 0 Å². The van der Waals surface area contributed by atoms with Gasteiger partial charge in [-0.3, -0.25) is 4.98 Å². The van der Waals surface area contributed by atoms with Crippen LogP contribution in [-0.4, -0.2) is 9.97 Å². The average molecular weight is 441 g/mol. The minimum absolute atomic E-state index is 0.130. The molecular weight excluding hydrogens is 431 g/mol. The summed E-state index contributed by atoms with van der Waals surface area (Å²) in [5.41, 5.74) is -3.82. The highest BCUT2D eigenvalue weighted by Gasteiger charge is 2.41. The van der Waals surface area contributed by atoms with Gasteiger partial charge >= 0.3 is 12.4 Å². The van der Waals surface area contributed by atoms with Crippen molar-refractivity contribution in [3.63, 3.8) is 0 Å². The number of alkyl halides is 6. The third kappa shape index (κ3) is 4.91. The molecular formula is C20H10F7N3O. The SMILES string of the molecule is N#Cc1c(C(F)(F)F)cc(C(F)(F)F)nc1OCc1ncccc1-c1ccc(F)cc1. The number of rotatable bonds is 4. The molecule has 31 heavy (non-hydrogen) atoms. The fourth-order valence-corrected chi connectivity index (χ4v) is 2.68. The molecule has 2 aromatic heterocycles. The van der Waals surface area contributed by atoms with Gasteiger partial charge in [0.15, 0.2) is 0 Å². The van der Waals surface area contributed by atoms with Gasteiger partial charge in [0.25, 0.3) is 0 Å². The molecule has 4 nitrogen and oxygen atoms in total. The van der Waals surface area contributed by atoms with Crippen molar-refractivity contribution >= 4 is 0 Å². The van der Waals surface area contributed by atoms with Gasteiger partial charge in [-0.1, -0.05) is 18.2 Å². The van der Waals surface area contributed by atoms with Gasteiger partial charge in [-0.15, -0.1) is 0 Å². The quantitative estimate of drug-likeness (QED) is 0.483. The lowest BCUT2D eigenvalue weighted by atomic mass is 10.0. The van der Waals surface area contributed by atoms with Crippen molar-refractivity contribution in [2.45, 2.75) is 19.0 Å². The maximum absolute atomic E-state index is 13.2. The Morgan fingerprint density at radius 1 is 0.968 bits per heavy atom. The number of benzene rings is 1. The van der Waals surface area contributed by atoms with E-state index in [9.17, 15) is 30.7 Å². The van der Waals surface area contributed by atoms with Gasteiger partial charge in [0.2, 0.25) is 5.88 Å². The second kappa shape index (κ2) is 8.22. The molecule has 0 saturated carbocycles. The van der Waals surface area contributed by atoms with Crippen molar-refractivity contribution < 1.29 is 35.5 Å². The van der Waals surface area contributed by atoms with E-state index in [0.29, 0.717) is 11.1 Å². The molecule has 0 spiro atoms. The Hall–Kier alpha value is -3.68. The predicted octanol–water partition coefficient (Wildman–Crippen LogP) is 5.77. The van der Waals surface area contributed by atoms with Crippen LogP contribution in [0, 0.1) is 17.1 Å². The number of nitriles is 1. The maximum Gasteiger partial charge on any atom is 0.433 e. The number of aromatic nitrogens is 2. The minimum atomic E-state index is -5.24. The van der Waals surface area contributed by atoms with Crippen LogP contribution in [0.4, 0.5) is 30.7 Å². The summed E-state index contributed by atoms with van der Waals surface area (Å²) in [6.07, 6.45) is -9.11. The molecule has 0 aliphatic rings. The van der Waals surface area contributed by atoms with Crippen molar-refractivity contribution in [3.05, 3.63) is 77.0 Å². The van der Waals surface area contributed by atoms with Crippen LogP contribution in [0.15, 0.2) is 48.7 Å². The molecule has 0 radical (unpaired) electrons. The fourth-order valence-electron chi connectivity index (χ4n) is 2.68. The molecule has 3 aromatic rings. The van der Waals surface area contributed by atoms with Crippen LogP contribution in [0.1, 0.15) is 22.5 Å². The second-order valence-electron chi connectivity index (χ2n) is 6.14. The molecule has 160 valence electrons. The first kappa shape index (κ1) is 22.0. The molecule has 0 saturated heterocycles. The van der Waals surface area contributed by atoms with Crippen LogP contribution in [0.3, 0.4) is 0 Å². The van der Waals surface area contributed by atoms with Crippen molar-refractivity contribution in [1.29, 1.82) is 5.26 Å². The van der Waals surface area contributed by atoms with Gasteiger partial charge in [-0.2, -0.15) is 31.6 Å². The van der Waals surface area contributed by atoms with Crippen molar-refractivity contribution in [3.8, 4) is 23.1 Å². The lowest BCUT2D eigenvalue weighted by Gasteiger charge is -2.16. The van der Waals surface area contributed by atoms with Gasteiger partial charge in [0.05, 0.1) is 11.3 Å². The van der Waals surface area contributed by atoms with Crippen molar-refractivity contribution in [2.75, 3.05) is 0 Å². The number of pyridine rings is 2. The highest BCUT2D eigenvalue weighted by atomic mass is 19.4. The summed E-state index contributed by atoms with van der Waals surface area (Å²) in [5, 5.41) is 9.11. The van der Waals surface area contributed by atoms with Gasteiger partial charge in [-0.25, -0.2) is 9.37 Å². The highest BCUT2D eigenvalue weighted by molar-refractivity contribution is 5.65. The minimum Gasteiger partial charge on any atom is -0.470 e. The molecule has 11 heteroatoms. The van der Waals surface area contributed by atoms with E-state index in [1.54, 1.807) is 6.07 Å². The Bertz CT molecular complexity index is 1130. The summed E-state index contributed by atoms with van der Waals surface area (Å²) >= 11 is 0. The molecule has 0 unspecified atom stereocenters. The zero-order chi connectivity index (χ0) is 22.8. The number of nitrogens with zero attached hydrogens (tertiary/aromatic N) is 3. The van der Waals surface area contributed by atoms with Crippen LogP contribution in [-0.2, 0) is 19.0 Å². The lowest BCUT2D eigenvalue weighted by Crippen LogP contribution is -2.16. The summed E-state index contributed by atoms with van der Waals surface area (Å²) in [4.78, 5) is 7.09. The van der Waals surface area contributed by atoms with E-state index in [1.165, 1.54) is 42.6 Å². The molecule has 0 atom stereocenters. The third-order valence-corrected chi connectivity index (χ3v) is 4.08. The smallest absolute Gasteiger partial charge is 0.433 e. The summed E-state index contributed by atoms with van der Waals surface area (Å²) < 4.78 is 97.0. The third-order valence-electron chi connectivity index (χ3n) is 4.08. The Morgan fingerprint density at radius 3 is 2.23 bits per heavy atom. The van der Waals surface area contributed by atoms with Gasteiger partial charge in [0.1, 0.15) is 29.8 Å². The fraction of sp³-hybridized carbons (Fsp3) is 0.150. The first-order valence-electron chi connectivity index (χ1n) is 8.43. The van der Waals surface area contributed by atoms with Gasteiger partial charge in [0, 0.05) is 11.8 Å². The predicted molar refractivity (Wildman–Crippen MR) is 92.9 cm³/mol. The largest absolute Gasteiger partial charge is 0.470 e. The normalized spacial score (nSPS) is 11.8. The first-order chi connectivity index (χ1) is 14.5. The summed E-state index contributed by atoms with van der Waals surface area (Å²) in [6.45, 7) is -0.589. The Morgan fingerprint density at radius 2 is 1.65 bits per heavy atom. The summed E-state index contributed by atoms with van der Waals surface area (Å²) in [5.74, 6) is -1.63. The Labute approximate surface area is 170 Å². The molecule has 0 amide bonds. The van der Waals surface area contributed by atoms with Crippen molar-refractivity contribution in [1.82, 2.24) is 9.97 Å². The molecule has 2 heterocycles. The lowest BCUT2D eigenvalue weighted by molar-refractivity contribution is -0.146. The van der Waals surface area contributed by atoms with Crippen LogP contribution >= 0.6 is 0 Å². The zero-order valence-corrected chi connectivity index (χ0v) is 15.2. The monoisotopic (exact) mass is 441 g/mol. The molecule has 1 aromatic carbocycles. The highest BCUT2D eigenvalue weighted by Crippen LogP contribution is 2.39. The second-order valence-corrected chi connectivity index (χ2v) is 6.14. The number of halogens is 7. The van der Waals surface area contributed by atoms with E-state index >= 15 is 0 Å². The summed E-state index contributed by atoms with van der Waals surface area (Å²) in [7, 11) is 0. The molecule has 0 bridgehead atoms. The van der Waals surface area contributed by atoms with Crippen LogP contribution in [0.25, 0.3) is 11.1 Å². The Kier molecular flexibility index (Phi) is 5.83. The number of hydrogen-bond acceptors (Lipinski definition) is 4. The molecule has 3 rings (SSSR count). The topological polar surface area (TPSA) is 58.8 Å². The van der Waals surface area contributed by atoms with Gasteiger partial charge in [-0.05, 0) is 29.8 Å². The van der Waals surface area contributed by atoms with E-state index in [1.807, 2.05) is 0 Å². The standard InChI is InChI=1S/C20H10F7N3O/c21-12-5-3-11(4-6-12)13-2-1-7-29-16(13)10-31-18-14(9-28)15(19(22,23)24)8-17(30-18)20(25,26)27/h1-8H,10H2. The number of ether oxygens (including phenoxy) is 1. The van der Waals surface area contributed by atoms with E-state index in [4.69, 9.17) is 10.00 Å². The van der Waals surface area contributed by atoms with E-state index in [2.05, 4.69) is 9.97 Å². The number of hydrogen-bond donors (Lipinski definition) is 0. The average Bonchev–Trinajstić information content (AvgIpc) is 2.71. The van der Waals surface area contributed by atoms with Crippen LogP contribution < -0.4 is 4.74 Å². The zero-order valence-electron chi connectivity index (χ0n) is 15.2. The summed E-state index contributed by atoms with van der Waals surface area (Å²) in [6, 6.07) is 9.23. The van der Waals surface area contributed by atoms with E-state index in [-0.39, 0.29) is 11.8 Å². The Balaban J connectivity index is 2.03. The van der Waals surface area contributed by atoms with Gasteiger partial charge < -0.3 is 4.74 Å². The maximum atomic E-state index is 13.2. The molecule has 0 fully saturated rings. The van der Waals surface area contributed by atoms with E-state index < -0.39 is 47.5 Å².